The molecule has 1 aromatic carbocycles. The van der Waals surface area contributed by atoms with E-state index in [9.17, 15) is 14.4 Å². The summed E-state index contributed by atoms with van der Waals surface area (Å²) < 4.78 is 5.59. The minimum absolute atomic E-state index is 0.156. The lowest BCUT2D eigenvalue weighted by atomic mass is 10.2. The van der Waals surface area contributed by atoms with E-state index in [1.807, 2.05) is 25.1 Å². The number of thiophene rings is 1. The lowest BCUT2D eigenvalue weighted by Gasteiger charge is -2.06. The molecule has 0 aliphatic heterocycles. The minimum atomic E-state index is -0.831. The highest BCUT2D eigenvalue weighted by molar-refractivity contribution is 7.20. The second-order valence-corrected chi connectivity index (χ2v) is 7.23. The summed E-state index contributed by atoms with van der Waals surface area (Å²) >= 11 is 2.46. The van der Waals surface area contributed by atoms with Gasteiger partial charge < -0.3 is 10.1 Å². The van der Waals surface area contributed by atoms with E-state index in [0.29, 0.717) is 10.0 Å². The number of carbonyl (C=O) groups excluding carboxylic acids is 3. The monoisotopic (exact) mass is 389 g/mol. The molecule has 26 heavy (non-hydrogen) atoms. The van der Waals surface area contributed by atoms with Crippen molar-refractivity contribution in [2.45, 2.75) is 13.8 Å². The van der Waals surface area contributed by atoms with Crippen LogP contribution < -0.4 is 10.6 Å². The Morgan fingerprint density at radius 1 is 1.19 bits per heavy atom. The molecule has 2 aromatic heterocycles. The summed E-state index contributed by atoms with van der Waals surface area (Å²) in [5.74, 6) is -1.04. The van der Waals surface area contributed by atoms with Crippen LogP contribution in [0.25, 0.3) is 10.2 Å². The molecular formula is C17H15N3O4S2. The molecule has 0 unspecified atom stereocenters. The number of benzene rings is 1. The molecule has 0 bridgehead atoms. The predicted octanol–water partition coefficient (Wildman–Crippen LogP) is 3.80. The van der Waals surface area contributed by atoms with E-state index >= 15 is 0 Å². The van der Waals surface area contributed by atoms with Gasteiger partial charge in [-0.15, -0.1) is 22.7 Å². The first-order valence-electron chi connectivity index (χ1n) is 7.72. The van der Waals surface area contributed by atoms with Crippen LogP contribution in [0.15, 0.2) is 29.6 Å². The molecule has 0 fully saturated rings. The van der Waals surface area contributed by atoms with E-state index in [0.717, 1.165) is 15.8 Å². The topological polar surface area (TPSA) is 97.4 Å². The first kappa shape index (κ1) is 18.0. The highest BCUT2D eigenvalue weighted by atomic mass is 32.1. The van der Waals surface area contributed by atoms with Gasteiger partial charge in [-0.05, 0) is 43.0 Å². The number of aryl methyl sites for hydroxylation is 1. The number of fused-ring (bicyclic) bond motifs is 1. The molecule has 2 heterocycles. The number of rotatable bonds is 4. The highest BCUT2D eigenvalue weighted by Gasteiger charge is 2.20. The van der Waals surface area contributed by atoms with Crippen LogP contribution in [-0.2, 0) is 4.74 Å². The fraction of sp³-hybridized carbons (Fsp3) is 0.176. The summed E-state index contributed by atoms with van der Waals surface area (Å²) in [4.78, 5) is 40.3. The normalized spacial score (nSPS) is 10.5. The fourth-order valence-electron chi connectivity index (χ4n) is 2.20. The van der Waals surface area contributed by atoms with Gasteiger partial charge in [0.05, 0.1) is 22.4 Å². The SMILES string of the molecule is CCOC(=O)NC(=O)c1ccsc1NC(=O)c1nc2cc(C)ccc2s1. The summed E-state index contributed by atoms with van der Waals surface area (Å²) in [5.41, 5.74) is 2.01. The third kappa shape index (κ3) is 3.89. The summed E-state index contributed by atoms with van der Waals surface area (Å²) in [6.07, 6.45) is -0.831. The molecule has 3 aromatic rings. The van der Waals surface area contributed by atoms with E-state index < -0.39 is 17.9 Å². The molecule has 9 heteroatoms. The van der Waals surface area contributed by atoms with Gasteiger partial charge in [0.1, 0.15) is 5.00 Å². The molecular weight excluding hydrogens is 374 g/mol. The van der Waals surface area contributed by atoms with Gasteiger partial charge in [0, 0.05) is 0 Å². The maximum atomic E-state index is 12.5. The Labute approximate surface area is 157 Å². The number of nitrogens with zero attached hydrogens (tertiary/aromatic N) is 1. The summed E-state index contributed by atoms with van der Waals surface area (Å²) in [6.45, 7) is 3.75. The second-order valence-electron chi connectivity index (χ2n) is 5.28. The molecule has 0 radical (unpaired) electrons. The number of aromatic nitrogens is 1. The average Bonchev–Trinajstić information content (AvgIpc) is 3.21. The quantitative estimate of drug-likeness (QED) is 0.707. The number of anilines is 1. The minimum Gasteiger partial charge on any atom is -0.450 e. The number of ether oxygens (including phenoxy) is 1. The van der Waals surface area contributed by atoms with Crippen molar-refractivity contribution in [2.75, 3.05) is 11.9 Å². The van der Waals surface area contributed by atoms with Gasteiger partial charge in [-0.2, -0.15) is 0 Å². The molecule has 3 amide bonds. The maximum Gasteiger partial charge on any atom is 0.414 e. The van der Waals surface area contributed by atoms with Crippen LogP contribution in [0.3, 0.4) is 0 Å². The zero-order valence-electron chi connectivity index (χ0n) is 14.0. The van der Waals surface area contributed by atoms with Gasteiger partial charge in [0.25, 0.3) is 11.8 Å². The van der Waals surface area contributed by atoms with Crippen LogP contribution in [0.2, 0.25) is 0 Å². The molecule has 3 rings (SSSR count). The van der Waals surface area contributed by atoms with E-state index in [2.05, 4.69) is 20.4 Å². The van der Waals surface area contributed by atoms with Crippen LogP contribution in [0.1, 0.15) is 32.6 Å². The molecule has 0 saturated carbocycles. The number of nitrogens with one attached hydrogen (secondary N) is 2. The molecule has 0 aliphatic carbocycles. The van der Waals surface area contributed by atoms with Gasteiger partial charge in [-0.3, -0.25) is 14.9 Å². The Bertz CT molecular complexity index is 993. The van der Waals surface area contributed by atoms with Crippen molar-refractivity contribution in [3.05, 3.63) is 45.8 Å². The van der Waals surface area contributed by atoms with E-state index in [1.54, 1.807) is 12.3 Å². The van der Waals surface area contributed by atoms with E-state index in [1.165, 1.54) is 28.7 Å². The van der Waals surface area contributed by atoms with Gasteiger partial charge in [0.15, 0.2) is 5.01 Å². The molecule has 7 nitrogen and oxygen atoms in total. The first-order valence-corrected chi connectivity index (χ1v) is 9.41. The zero-order chi connectivity index (χ0) is 18.7. The lowest BCUT2D eigenvalue weighted by Crippen LogP contribution is -2.31. The van der Waals surface area contributed by atoms with Crippen molar-refractivity contribution >= 4 is 55.8 Å². The van der Waals surface area contributed by atoms with Gasteiger partial charge in [-0.25, -0.2) is 9.78 Å². The summed E-state index contributed by atoms with van der Waals surface area (Å²) in [6, 6.07) is 7.31. The van der Waals surface area contributed by atoms with Crippen molar-refractivity contribution in [1.29, 1.82) is 0 Å². The number of carbonyl (C=O) groups is 3. The summed E-state index contributed by atoms with van der Waals surface area (Å²) in [5, 5.41) is 7.08. The van der Waals surface area contributed by atoms with Crippen molar-refractivity contribution in [1.82, 2.24) is 10.3 Å². The standard InChI is InChI=1S/C17H15N3O4S2/c1-3-24-17(23)20-13(21)10-6-7-25-15(10)19-14(22)16-18-11-8-9(2)4-5-12(11)26-16/h4-8H,3H2,1-2H3,(H,19,22)(H,20,21,23). The van der Waals surface area contributed by atoms with Gasteiger partial charge >= 0.3 is 6.09 Å². The van der Waals surface area contributed by atoms with Crippen LogP contribution >= 0.6 is 22.7 Å². The Kier molecular flexibility index (Phi) is 5.29. The number of amides is 3. The van der Waals surface area contributed by atoms with Crippen molar-refractivity contribution < 1.29 is 19.1 Å². The predicted molar refractivity (Wildman–Crippen MR) is 101 cm³/mol. The van der Waals surface area contributed by atoms with Crippen LogP contribution in [0.4, 0.5) is 9.80 Å². The Hall–Kier alpha value is -2.78. The number of thiazole rings is 1. The van der Waals surface area contributed by atoms with Crippen LogP contribution in [0.5, 0.6) is 0 Å². The Morgan fingerprint density at radius 2 is 2.00 bits per heavy atom. The lowest BCUT2D eigenvalue weighted by molar-refractivity contribution is 0.0926. The number of hydrogen-bond donors (Lipinski definition) is 2. The zero-order valence-corrected chi connectivity index (χ0v) is 15.6. The molecule has 0 spiro atoms. The van der Waals surface area contributed by atoms with Gasteiger partial charge in [-0.1, -0.05) is 6.07 Å². The average molecular weight is 389 g/mol. The maximum absolute atomic E-state index is 12.5. The molecule has 0 saturated heterocycles. The molecule has 0 atom stereocenters. The van der Waals surface area contributed by atoms with Crippen molar-refractivity contribution in [3.63, 3.8) is 0 Å². The number of alkyl carbamates (subject to hydrolysis) is 1. The largest absolute Gasteiger partial charge is 0.450 e. The highest BCUT2D eigenvalue weighted by Crippen LogP contribution is 2.27. The Balaban J connectivity index is 1.76. The number of imide groups is 1. The van der Waals surface area contributed by atoms with Crippen LogP contribution in [0, 0.1) is 6.92 Å². The fourth-order valence-corrected chi connectivity index (χ4v) is 3.82. The Morgan fingerprint density at radius 3 is 2.77 bits per heavy atom. The molecule has 2 N–H and O–H groups in total. The third-order valence-electron chi connectivity index (χ3n) is 3.37. The van der Waals surface area contributed by atoms with E-state index in [4.69, 9.17) is 0 Å². The van der Waals surface area contributed by atoms with Crippen molar-refractivity contribution in [3.8, 4) is 0 Å². The second kappa shape index (κ2) is 7.63. The first-order chi connectivity index (χ1) is 12.5. The van der Waals surface area contributed by atoms with Crippen molar-refractivity contribution in [2.24, 2.45) is 0 Å². The number of hydrogen-bond acceptors (Lipinski definition) is 7. The van der Waals surface area contributed by atoms with Gasteiger partial charge in [0.2, 0.25) is 0 Å². The smallest absolute Gasteiger partial charge is 0.414 e. The van der Waals surface area contributed by atoms with Crippen LogP contribution in [-0.4, -0.2) is 29.5 Å². The molecule has 0 aliphatic rings. The third-order valence-corrected chi connectivity index (χ3v) is 5.23. The summed E-state index contributed by atoms with van der Waals surface area (Å²) in [7, 11) is 0. The van der Waals surface area contributed by atoms with E-state index in [-0.39, 0.29) is 12.2 Å². The molecule has 134 valence electrons.